The van der Waals surface area contributed by atoms with E-state index >= 15 is 0 Å². The fraction of sp³-hybridized carbons (Fsp3) is 0.826. The monoisotopic (exact) mass is 762 g/mol. The molecule has 0 aromatic carbocycles. The molecule has 7 aliphatic rings. The molecular formula is C46H71N3O4S. The molecule has 300 valence electrons. The first kappa shape index (κ1) is 41.6. The van der Waals surface area contributed by atoms with Crippen LogP contribution in [0, 0.1) is 68.0 Å². The van der Waals surface area contributed by atoms with Gasteiger partial charge >= 0.3 is 6.15 Å². The molecule has 1 unspecified atom stereocenters. The number of hydrogen-bond acceptors (Lipinski definition) is 7. The van der Waals surface area contributed by atoms with Crippen molar-refractivity contribution in [3.05, 3.63) is 35.5 Å². The molecule has 1 heterocycles. The maximum Gasteiger partial charge on any atom is 0.373 e. The zero-order valence-corrected chi connectivity index (χ0v) is 35.8. The van der Waals surface area contributed by atoms with Crippen LogP contribution in [0.25, 0.3) is 0 Å². The van der Waals surface area contributed by atoms with E-state index < -0.39 is 9.84 Å². The number of rotatable bonds is 7. The molecule has 10 atom stereocenters. The van der Waals surface area contributed by atoms with Crippen molar-refractivity contribution in [2.45, 2.75) is 149 Å². The molecule has 4 saturated carbocycles. The summed E-state index contributed by atoms with van der Waals surface area (Å²) in [5, 5.41) is 13.9. The summed E-state index contributed by atoms with van der Waals surface area (Å²) >= 11 is 0. The Kier molecular flexibility index (Phi) is 11.3. The largest absolute Gasteiger partial charge is 0.373 e. The highest BCUT2D eigenvalue weighted by atomic mass is 32.2. The lowest BCUT2D eigenvalue weighted by atomic mass is 9.33. The second-order valence-electron chi connectivity index (χ2n) is 20.9. The van der Waals surface area contributed by atoms with Crippen LogP contribution >= 0.6 is 0 Å². The van der Waals surface area contributed by atoms with Crippen LogP contribution in [0.3, 0.4) is 0 Å². The van der Waals surface area contributed by atoms with Gasteiger partial charge in [-0.1, -0.05) is 58.9 Å². The number of likely N-dealkylation sites (tertiary alicyclic amines) is 1. The molecule has 1 saturated heterocycles. The first-order chi connectivity index (χ1) is 25.2. The predicted molar refractivity (Wildman–Crippen MR) is 216 cm³/mol. The van der Waals surface area contributed by atoms with E-state index in [2.05, 4.69) is 83.5 Å². The van der Waals surface area contributed by atoms with Gasteiger partial charge in [0.2, 0.25) is 0 Å². The Hall–Kier alpha value is -2.04. The first-order valence-corrected chi connectivity index (χ1v) is 23.3. The van der Waals surface area contributed by atoms with Gasteiger partial charge in [-0.05, 0) is 179 Å². The second-order valence-corrected chi connectivity index (χ2v) is 23.2. The van der Waals surface area contributed by atoms with Crippen molar-refractivity contribution in [1.29, 1.82) is 5.26 Å². The number of sulfone groups is 1. The molecule has 1 aliphatic heterocycles. The Morgan fingerprint density at radius 2 is 1.57 bits per heavy atom. The van der Waals surface area contributed by atoms with Crippen molar-refractivity contribution in [3.8, 4) is 6.07 Å². The maximum atomic E-state index is 12.1. The number of nitriles is 1. The lowest BCUT2D eigenvalue weighted by Gasteiger charge is -2.72. The van der Waals surface area contributed by atoms with Crippen molar-refractivity contribution in [2.24, 2.45) is 56.7 Å². The van der Waals surface area contributed by atoms with Crippen molar-refractivity contribution < 1.29 is 18.0 Å². The van der Waals surface area contributed by atoms with Crippen LogP contribution in [0.15, 0.2) is 35.5 Å². The third-order valence-electron chi connectivity index (χ3n) is 18.1. The van der Waals surface area contributed by atoms with Gasteiger partial charge in [-0.15, -0.1) is 0 Å². The number of carbonyl (C=O) groups excluding carboxylic acids is 2. The molecule has 0 spiro atoms. The smallest absolute Gasteiger partial charge is 0.310 e. The second kappa shape index (κ2) is 14.7. The summed E-state index contributed by atoms with van der Waals surface area (Å²) in [7, 11) is -2.94. The fourth-order valence-electron chi connectivity index (χ4n) is 14.9. The van der Waals surface area contributed by atoms with Crippen molar-refractivity contribution >= 4 is 16.0 Å². The molecule has 54 heavy (non-hydrogen) atoms. The van der Waals surface area contributed by atoms with Crippen LogP contribution in [0.4, 0.5) is 0 Å². The minimum atomic E-state index is -2.94. The molecule has 6 aliphatic carbocycles. The minimum absolute atomic E-state index is 0.153. The van der Waals surface area contributed by atoms with Gasteiger partial charge in [0.05, 0.1) is 16.7 Å². The SMILES string of the molecule is C=C(C)[C@@H]1CC[C@]2(NCCN3CCC(S(C)(=O)=O)CC3)CC[C@]3(C)[C@H](CC[C@@H]4[C@@]5(C)CC=C(C6=CCC(C)(C#N)CC6)C(C)(C)[C@@H]5CC[C@]43C)[C@@H]12.O=C=O. The summed E-state index contributed by atoms with van der Waals surface area (Å²) in [6, 6.07) is 2.60. The zero-order valence-electron chi connectivity index (χ0n) is 35.0. The molecule has 0 radical (unpaired) electrons. The van der Waals surface area contributed by atoms with E-state index in [1.807, 2.05) is 0 Å². The number of allylic oxidation sites excluding steroid dienone is 5. The quantitative estimate of drug-likeness (QED) is 0.258. The fourth-order valence-corrected chi connectivity index (χ4v) is 16.0. The van der Waals surface area contributed by atoms with E-state index in [-0.39, 0.29) is 27.8 Å². The van der Waals surface area contributed by atoms with Crippen molar-refractivity contribution in [2.75, 3.05) is 32.4 Å². The molecule has 0 aromatic rings. The molecule has 7 rings (SSSR count). The van der Waals surface area contributed by atoms with E-state index in [1.165, 1.54) is 69.6 Å². The Labute approximate surface area is 328 Å². The Morgan fingerprint density at radius 3 is 2.17 bits per heavy atom. The van der Waals surface area contributed by atoms with E-state index in [0.29, 0.717) is 34.0 Å². The van der Waals surface area contributed by atoms with Gasteiger partial charge in [0, 0.05) is 24.9 Å². The average molecular weight is 762 g/mol. The maximum absolute atomic E-state index is 12.1. The molecular weight excluding hydrogens is 691 g/mol. The molecule has 0 amide bonds. The van der Waals surface area contributed by atoms with E-state index in [4.69, 9.17) is 9.59 Å². The lowest BCUT2D eigenvalue weighted by molar-refractivity contribution is -0.221. The molecule has 0 bridgehead atoms. The number of hydrogen-bond donors (Lipinski definition) is 1. The summed E-state index contributed by atoms with van der Waals surface area (Å²) in [6.45, 7) is 26.3. The van der Waals surface area contributed by atoms with E-state index in [0.717, 1.165) is 70.1 Å². The summed E-state index contributed by atoms with van der Waals surface area (Å²) in [6.07, 6.45) is 23.0. The van der Waals surface area contributed by atoms with E-state index in [9.17, 15) is 13.7 Å². The number of piperidine rings is 1. The number of nitrogens with one attached hydrogen (secondary N) is 1. The molecule has 0 aromatic heterocycles. The van der Waals surface area contributed by atoms with Crippen LogP contribution in [-0.4, -0.2) is 62.7 Å². The van der Waals surface area contributed by atoms with Gasteiger partial charge in [0.15, 0.2) is 0 Å². The Bertz CT molecular complexity index is 1710. The normalized spacial score (nSPS) is 43.3. The Morgan fingerprint density at radius 1 is 0.889 bits per heavy atom. The van der Waals surface area contributed by atoms with Gasteiger partial charge in [-0.2, -0.15) is 14.9 Å². The minimum Gasteiger partial charge on any atom is -0.310 e. The summed E-state index contributed by atoms with van der Waals surface area (Å²) in [5.41, 5.74) is 5.67. The van der Waals surface area contributed by atoms with Crippen molar-refractivity contribution in [3.63, 3.8) is 0 Å². The molecule has 5 fully saturated rings. The molecule has 1 N–H and O–H groups in total. The van der Waals surface area contributed by atoms with Crippen molar-refractivity contribution in [1.82, 2.24) is 10.2 Å². The lowest BCUT2D eigenvalue weighted by Crippen LogP contribution is -2.68. The summed E-state index contributed by atoms with van der Waals surface area (Å²) in [4.78, 5) is 18.8. The molecule has 8 heteroatoms. The van der Waals surface area contributed by atoms with Gasteiger partial charge < -0.3 is 10.2 Å². The summed E-state index contributed by atoms with van der Waals surface area (Å²) < 4.78 is 24.3. The van der Waals surface area contributed by atoms with E-state index in [1.54, 1.807) is 11.1 Å². The van der Waals surface area contributed by atoms with Gasteiger partial charge in [-0.25, -0.2) is 8.42 Å². The van der Waals surface area contributed by atoms with Gasteiger partial charge in [-0.3, -0.25) is 0 Å². The highest BCUT2D eigenvalue weighted by Crippen LogP contribution is 2.76. The van der Waals surface area contributed by atoms with Crippen LogP contribution in [0.1, 0.15) is 138 Å². The predicted octanol–water partition coefficient (Wildman–Crippen LogP) is 9.09. The first-order valence-electron chi connectivity index (χ1n) is 21.4. The van der Waals surface area contributed by atoms with Crippen LogP contribution in [-0.2, 0) is 19.4 Å². The average Bonchev–Trinajstić information content (AvgIpc) is 3.49. The number of fused-ring (bicyclic) bond motifs is 7. The molecule has 7 nitrogen and oxygen atoms in total. The zero-order chi connectivity index (χ0) is 39.5. The highest BCUT2D eigenvalue weighted by molar-refractivity contribution is 7.91. The van der Waals surface area contributed by atoms with Gasteiger partial charge in [0.1, 0.15) is 9.84 Å². The third kappa shape index (κ3) is 6.77. The summed E-state index contributed by atoms with van der Waals surface area (Å²) in [5.74, 6) is 3.41. The third-order valence-corrected chi connectivity index (χ3v) is 19.7. The Balaban J connectivity index is 0.00000160. The van der Waals surface area contributed by atoms with Crippen LogP contribution in [0.5, 0.6) is 0 Å². The van der Waals surface area contributed by atoms with Crippen LogP contribution in [0.2, 0.25) is 0 Å². The number of nitrogens with zero attached hydrogens (tertiary/aromatic N) is 2. The highest BCUT2D eigenvalue weighted by Gasteiger charge is 2.70. The standard InChI is InChI=1S/C45H71N3O2S.CO2/c1-31(2)34-14-23-45(47-26-29-48-27-17-33(18-28-48)51(9,49)50)25-24-43(7)36(39(34)45)10-11-38-42(6)21-15-35(32-12-19-41(5,30-46)20-13-32)40(3,4)37(42)16-22-44(38,43)8;2-1-3/h12,15,33-34,36-39,47H,1,10-11,13-14,16-29H2,2-9H3;/t34-,36+,37-,38+,39+,41?,42-,43+,44+,45-;/m0./s1. The topological polar surface area (TPSA) is 107 Å². The van der Waals surface area contributed by atoms with Gasteiger partial charge in [0.25, 0.3) is 0 Å². The van der Waals surface area contributed by atoms with Crippen LogP contribution < -0.4 is 5.32 Å².